The molecule has 0 bridgehead atoms. The number of hydrogen-bond acceptors (Lipinski definition) is 1. The normalized spacial score (nSPS) is 20.8. The average Bonchev–Trinajstić information content (AvgIpc) is 2.93. The van der Waals surface area contributed by atoms with Gasteiger partial charge in [0.05, 0.1) is 5.69 Å². The van der Waals surface area contributed by atoms with Crippen LogP contribution in [0.15, 0.2) is 133 Å². The Kier molecular flexibility index (Phi) is 5.41. The predicted molar refractivity (Wildman–Crippen MR) is 149 cm³/mol. The number of hydrogen-bond donors (Lipinski definition) is 0. The van der Waals surface area contributed by atoms with E-state index in [1.165, 1.54) is 44.9 Å². The Morgan fingerprint density at radius 1 is 0.743 bits per heavy atom. The highest BCUT2D eigenvalue weighted by Crippen LogP contribution is 2.54. The summed E-state index contributed by atoms with van der Waals surface area (Å²) in [5.41, 5.74) is 11.3. The van der Waals surface area contributed by atoms with Crippen molar-refractivity contribution >= 4 is 16.9 Å². The minimum Gasteiger partial charge on any atom is -0.311 e. The van der Waals surface area contributed by atoms with Crippen LogP contribution in [0.25, 0.3) is 5.57 Å². The number of para-hydroxylation sites is 2. The fourth-order valence-electron chi connectivity index (χ4n) is 6.12. The van der Waals surface area contributed by atoms with Gasteiger partial charge >= 0.3 is 0 Å². The van der Waals surface area contributed by atoms with Gasteiger partial charge in [0, 0.05) is 16.8 Å². The van der Waals surface area contributed by atoms with E-state index in [9.17, 15) is 0 Å². The van der Waals surface area contributed by atoms with Crippen molar-refractivity contribution < 1.29 is 0 Å². The number of nitrogens with zero attached hydrogens (tertiary/aromatic N) is 1. The van der Waals surface area contributed by atoms with Gasteiger partial charge in [-0.15, -0.1) is 0 Å². The Hall–Kier alpha value is -3.84. The zero-order valence-electron chi connectivity index (χ0n) is 20.4. The van der Waals surface area contributed by atoms with Crippen molar-refractivity contribution in [1.29, 1.82) is 0 Å². The largest absolute Gasteiger partial charge is 0.311 e. The summed E-state index contributed by atoms with van der Waals surface area (Å²) in [6.45, 7) is 6.97. The van der Waals surface area contributed by atoms with Gasteiger partial charge in [0.15, 0.2) is 0 Å². The molecule has 1 atom stereocenters. The number of allylic oxidation sites excluding steroid dienone is 8. The molecule has 1 nitrogen and oxygen atoms in total. The van der Waals surface area contributed by atoms with Crippen LogP contribution in [-0.4, -0.2) is 0 Å². The first-order valence-corrected chi connectivity index (χ1v) is 12.7. The third-order valence-electron chi connectivity index (χ3n) is 7.82. The van der Waals surface area contributed by atoms with Crippen LogP contribution in [0.5, 0.6) is 0 Å². The molecule has 0 fully saturated rings. The van der Waals surface area contributed by atoms with Crippen molar-refractivity contribution in [3.05, 3.63) is 149 Å². The van der Waals surface area contributed by atoms with Crippen molar-refractivity contribution in [3.63, 3.8) is 0 Å². The van der Waals surface area contributed by atoms with Crippen LogP contribution in [0.3, 0.4) is 0 Å². The van der Waals surface area contributed by atoms with E-state index < -0.39 is 0 Å². The van der Waals surface area contributed by atoms with E-state index in [2.05, 4.69) is 128 Å². The molecule has 1 unspecified atom stereocenters. The van der Waals surface area contributed by atoms with Gasteiger partial charge in [-0.3, -0.25) is 0 Å². The van der Waals surface area contributed by atoms with Gasteiger partial charge in [-0.05, 0) is 90.3 Å². The van der Waals surface area contributed by atoms with Crippen LogP contribution >= 0.6 is 0 Å². The van der Waals surface area contributed by atoms with Crippen molar-refractivity contribution in [1.82, 2.24) is 0 Å². The first-order chi connectivity index (χ1) is 17.2. The molecule has 3 aliphatic carbocycles. The monoisotopic (exact) mass is 453 g/mol. The lowest BCUT2D eigenvalue weighted by atomic mass is 9.60. The van der Waals surface area contributed by atoms with Crippen LogP contribution in [0.2, 0.25) is 0 Å². The Labute approximate surface area is 209 Å². The second kappa shape index (κ2) is 8.74. The van der Waals surface area contributed by atoms with Gasteiger partial charge in [0.2, 0.25) is 0 Å². The first kappa shape index (κ1) is 21.7. The number of fused-ring (bicyclic) bond motifs is 1. The molecule has 0 amide bonds. The smallest absolute Gasteiger partial charge is 0.0505 e. The second-order valence-electron chi connectivity index (χ2n) is 9.78. The zero-order chi connectivity index (χ0) is 23.8. The molecule has 3 aliphatic rings. The maximum absolute atomic E-state index is 4.54. The highest BCUT2D eigenvalue weighted by molar-refractivity contribution is 5.89. The van der Waals surface area contributed by atoms with E-state index in [1.54, 1.807) is 0 Å². The molecule has 0 aliphatic heterocycles. The Morgan fingerprint density at radius 3 is 2.26 bits per heavy atom. The van der Waals surface area contributed by atoms with Gasteiger partial charge in [0.25, 0.3) is 0 Å². The maximum Gasteiger partial charge on any atom is 0.0505 e. The molecule has 172 valence electrons. The third kappa shape index (κ3) is 3.46. The van der Waals surface area contributed by atoms with E-state index in [0.717, 1.165) is 31.3 Å². The summed E-state index contributed by atoms with van der Waals surface area (Å²) in [6.07, 6.45) is 15.8. The van der Waals surface area contributed by atoms with E-state index in [-0.39, 0.29) is 5.41 Å². The van der Waals surface area contributed by atoms with Crippen LogP contribution in [-0.2, 0) is 5.41 Å². The van der Waals surface area contributed by atoms with E-state index in [1.807, 2.05) is 0 Å². The lowest BCUT2D eigenvalue weighted by molar-refractivity contribution is 0.621. The number of rotatable bonds is 4. The standard InChI is InChI=1S/C34H31N/c1-25-28-19-9-11-21-30(28)34(2,31-22-12-10-20-29(25)31)32-23-13-14-24-33(32)35(26-15-5-3-6-16-26)27-17-7-4-8-18-27/h3,5-7,9-11,13-21,23-24H,1,4,8,12,22H2,2H3. The van der Waals surface area contributed by atoms with Crippen LogP contribution in [0, 0.1) is 0 Å². The molecule has 0 N–H and O–H groups in total. The molecular formula is C34H31N. The lowest BCUT2D eigenvalue weighted by Crippen LogP contribution is -2.34. The number of anilines is 2. The predicted octanol–water partition coefficient (Wildman–Crippen LogP) is 9.04. The summed E-state index contributed by atoms with van der Waals surface area (Å²) in [5.74, 6) is 0. The fourth-order valence-corrected chi connectivity index (χ4v) is 6.12. The fraction of sp³-hybridized carbons (Fsp3) is 0.176. The quantitative estimate of drug-likeness (QED) is 0.381. The van der Waals surface area contributed by atoms with Crippen molar-refractivity contribution in [3.8, 4) is 0 Å². The SMILES string of the molecule is C=C1C2=C(CCC=C2)C(C)(c2ccccc2N(C2=CCCC=C2)c2ccccc2)c2ccccc21. The Balaban J connectivity index is 1.64. The van der Waals surface area contributed by atoms with E-state index >= 15 is 0 Å². The average molecular weight is 454 g/mol. The van der Waals surface area contributed by atoms with E-state index in [0.29, 0.717) is 0 Å². The van der Waals surface area contributed by atoms with Crippen LogP contribution < -0.4 is 4.90 Å². The summed E-state index contributed by atoms with van der Waals surface area (Å²) in [5, 5.41) is 0. The summed E-state index contributed by atoms with van der Waals surface area (Å²) >= 11 is 0. The molecule has 3 aromatic carbocycles. The molecule has 1 heteroatoms. The van der Waals surface area contributed by atoms with Crippen molar-refractivity contribution in [2.45, 2.75) is 38.0 Å². The highest BCUT2D eigenvalue weighted by atomic mass is 15.1. The van der Waals surface area contributed by atoms with E-state index in [4.69, 9.17) is 0 Å². The Morgan fingerprint density at radius 2 is 1.46 bits per heavy atom. The third-order valence-corrected chi connectivity index (χ3v) is 7.82. The first-order valence-electron chi connectivity index (χ1n) is 12.7. The topological polar surface area (TPSA) is 3.24 Å². The molecule has 0 saturated heterocycles. The number of benzene rings is 3. The minimum absolute atomic E-state index is 0.250. The zero-order valence-corrected chi connectivity index (χ0v) is 20.4. The van der Waals surface area contributed by atoms with Crippen molar-refractivity contribution in [2.24, 2.45) is 0 Å². The highest BCUT2D eigenvalue weighted by Gasteiger charge is 2.42. The molecule has 0 saturated carbocycles. The molecular weight excluding hydrogens is 422 g/mol. The summed E-state index contributed by atoms with van der Waals surface area (Å²) < 4.78 is 0. The molecule has 6 rings (SSSR count). The minimum atomic E-state index is -0.250. The van der Waals surface area contributed by atoms with Gasteiger partial charge in [0.1, 0.15) is 0 Å². The van der Waals surface area contributed by atoms with Gasteiger partial charge < -0.3 is 4.90 Å². The Bertz CT molecular complexity index is 1420. The summed E-state index contributed by atoms with van der Waals surface area (Å²) in [4.78, 5) is 2.45. The van der Waals surface area contributed by atoms with Gasteiger partial charge in [-0.2, -0.15) is 0 Å². The lowest BCUT2D eigenvalue weighted by Gasteiger charge is -2.44. The second-order valence-corrected chi connectivity index (χ2v) is 9.78. The molecule has 3 aromatic rings. The van der Waals surface area contributed by atoms with Crippen molar-refractivity contribution in [2.75, 3.05) is 4.90 Å². The molecule has 0 aromatic heterocycles. The van der Waals surface area contributed by atoms with Gasteiger partial charge in [-0.1, -0.05) is 91.5 Å². The van der Waals surface area contributed by atoms with Crippen LogP contribution in [0.1, 0.15) is 49.3 Å². The summed E-state index contributed by atoms with van der Waals surface area (Å²) in [6, 6.07) is 28.7. The van der Waals surface area contributed by atoms with Crippen LogP contribution in [0.4, 0.5) is 11.4 Å². The molecule has 0 radical (unpaired) electrons. The molecule has 0 heterocycles. The summed E-state index contributed by atoms with van der Waals surface area (Å²) in [7, 11) is 0. The molecule has 35 heavy (non-hydrogen) atoms. The molecule has 0 spiro atoms. The maximum atomic E-state index is 4.54. The van der Waals surface area contributed by atoms with Gasteiger partial charge in [-0.25, -0.2) is 0 Å².